The summed E-state index contributed by atoms with van der Waals surface area (Å²) >= 11 is 0. The molecule has 2 aromatic carbocycles. The standard InChI is InChI=1S/C15H14N2O3/c16-11-5-10(6-12(17)8-11)15(18)9-1-2-13-14(7-9)20-4-3-19-13/h1-2,5-8H,3-4,16-17H2. The number of carbonyl (C=O) groups is 1. The molecular formula is C15H14N2O3. The smallest absolute Gasteiger partial charge is 0.193 e. The second-order valence-electron chi connectivity index (χ2n) is 4.58. The number of ketones is 1. The Balaban J connectivity index is 1.97. The molecule has 3 rings (SSSR count). The number of carbonyl (C=O) groups excluding carboxylic acids is 1. The molecule has 20 heavy (non-hydrogen) atoms. The largest absolute Gasteiger partial charge is 0.486 e. The van der Waals surface area contributed by atoms with E-state index in [0.717, 1.165) is 0 Å². The van der Waals surface area contributed by atoms with Gasteiger partial charge in [-0.2, -0.15) is 0 Å². The minimum atomic E-state index is -0.152. The van der Waals surface area contributed by atoms with Gasteiger partial charge in [-0.25, -0.2) is 0 Å². The van der Waals surface area contributed by atoms with E-state index in [1.165, 1.54) is 0 Å². The minimum absolute atomic E-state index is 0.152. The van der Waals surface area contributed by atoms with Crippen LogP contribution < -0.4 is 20.9 Å². The highest BCUT2D eigenvalue weighted by Crippen LogP contribution is 2.31. The molecule has 0 saturated carbocycles. The quantitative estimate of drug-likeness (QED) is 0.642. The Bertz CT molecular complexity index is 663. The van der Waals surface area contributed by atoms with Crippen molar-refractivity contribution in [2.75, 3.05) is 24.7 Å². The van der Waals surface area contributed by atoms with E-state index in [9.17, 15) is 4.79 Å². The minimum Gasteiger partial charge on any atom is -0.486 e. The van der Waals surface area contributed by atoms with Crippen molar-refractivity contribution in [1.82, 2.24) is 0 Å². The number of nitrogens with two attached hydrogens (primary N) is 2. The number of rotatable bonds is 2. The third-order valence-corrected chi connectivity index (χ3v) is 3.04. The summed E-state index contributed by atoms with van der Waals surface area (Å²) in [7, 11) is 0. The van der Waals surface area contributed by atoms with Crippen molar-refractivity contribution < 1.29 is 14.3 Å². The molecule has 1 aliphatic rings. The molecule has 0 bridgehead atoms. The number of hydrogen-bond acceptors (Lipinski definition) is 5. The first-order valence-electron chi connectivity index (χ1n) is 6.24. The van der Waals surface area contributed by atoms with Crippen molar-refractivity contribution in [3.05, 3.63) is 47.5 Å². The molecule has 0 spiro atoms. The van der Waals surface area contributed by atoms with Gasteiger partial charge < -0.3 is 20.9 Å². The highest BCUT2D eigenvalue weighted by Gasteiger charge is 2.16. The first-order valence-corrected chi connectivity index (χ1v) is 6.24. The van der Waals surface area contributed by atoms with Gasteiger partial charge in [-0.15, -0.1) is 0 Å². The van der Waals surface area contributed by atoms with Crippen molar-refractivity contribution in [3.8, 4) is 11.5 Å². The average molecular weight is 270 g/mol. The maximum atomic E-state index is 12.4. The van der Waals surface area contributed by atoms with E-state index in [0.29, 0.717) is 47.2 Å². The van der Waals surface area contributed by atoms with Gasteiger partial charge in [0, 0.05) is 22.5 Å². The summed E-state index contributed by atoms with van der Waals surface area (Å²) in [5, 5.41) is 0. The van der Waals surface area contributed by atoms with E-state index < -0.39 is 0 Å². The van der Waals surface area contributed by atoms with E-state index in [-0.39, 0.29) is 5.78 Å². The molecule has 102 valence electrons. The Morgan fingerprint density at radius 1 is 0.850 bits per heavy atom. The fourth-order valence-electron chi connectivity index (χ4n) is 2.16. The molecule has 0 unspecified atom stereocenters. The number of hydrogen-bond donors (Lipinski definition) is 2. The van der Waals surface area contributed by atoms with Crippen LogP contribution in [-0.4, -0.2) is 19.0 Å². The summed E-state index contributed by atoms with van der Waals surface area (Å²) in [6.45, 7) is 1.00. The number of fused-ring (bicyclic) bond motifs is 1. The highest BCUT2D eigenvalue weighted by atomic mass is 16.6. The summed E-state index contributed by atoms with van der Waals surface area (Å²) in [4.78, 5) is 12.4. The van der Waals surface area contributed by atoms with Gasteiger partial charge in [-0.3, -0.25) is 4.79 Å². The van der Waals surface area contributed by atoms with E-state index in [2.05, 4.69) is 0 Å². The van der Waals surface area contributed by atoms with Crippen molar-refractivity contribution in [2.45, 2.75) is 0 Å². The third kappa shape index (κ3) is 2.25. The monoisotopic (exact) mass is 270 g/mol. The molecule has 1 heterocycles. The maximum Gasteiger partial charge on any atom is 0.193 e. The van der Waals surface area contributed by atoms with Crippen LogP contribution in [0.3, 0.4) is 0 Å². The normalized spacial score (nSPS) is 13.0. The second kappa shape index (κ2) is 4.77. The molecule has 0 amide bonds. The van der Waals surface area contributed by atoms with Crippen LogP contribution in [0.4, 0.5) is 11.4 Å². The highest BCUT2D eigenvalue weighted by molar-refractivity contribution is 6.10. The van der Waals surface area contributed by atoms with Crippen molar-refractivity contribution in [2.24, 2.45) is 0 Å². The fraction of sp³-hybridized carbons (Fsp3) is 0.133. The molecule has 0 fully saturated rings. The van der Waals surface area contributed by atoms with Crippen molar-refractivity contribution >= 4 is 17.2 Å². The Kier molecular flexibility index (Phi) is 2.95. The molecule has 5 nitrogen and oxygen atoms in total. The van der Waals surface area contributed by atoms with Crippen LogP contribution in [-0.2, 0) is 0 Å². The van der Waals surface area contributed by atoms with Gasteiger partial charge >= 0.3 is 0 Å². The molecule has 5 heteroatoms. The van der Waals surface area contributed by atoms with Gasteiger partial charge in [-0.05, 0) is 36.4 Å². The lowest BCUT2D eigenvalue weighted by atomic mass is 10.0. The van der Waals surface area contributed by atoms with Gasteiger partial charge in [-0.1, -0.05) is 0 Å². The summed E-state index contributed by atoms with van der Waals surface area (Å²) in [6, 6.07) is 9.94. The van der Waals surface area contributed by atoms with E-state index in [1.807, 2.05) is 0 Å². The predicted molar refractivity (Wildman–Crippen MR) is 76.1 cm³/mol. The van der Waals surface area contributed by atoms with Gasteiger partial charge in [0.25, 0.3) is 0 Å². The number of anilines is 2. The average Bonchev–Trinajstić information content (AvgIpc) is 2.45. The van der Waals surface area contributed by atoms with Crippen molar-refractivity contribution in [3.63, 3.8) is 0 Å². The molecule has 1 aliphatic heterocycles. The SMILES string of the molecule is Nc1cc(N)cc(C(=O)c2ccc3c(c2)OCCO3)c1. The lowest BCUT2D eigenvalue weighted by Gasteiger charge is -2.18. The van der Waals surface area contributed by atoms with Gasteiger partial charge in [0.15, 0.2) is 17.3 Å². The summed E-state index contributed by atoms with van der Waals surface area (Å²) < 4.78 is 10.9. The molecule has 0 radical (unpaired) electrons. The summed E-state index contributed by atoms with van der Waals surface area (Å²) in [5.41, 5.74) is 13.3. The first-order chi connectivity index (χ1) is 9.63. The van der Waals surface area contributed by atoms with Crippen LogP contribution >= 0.6 is 0 Å². The third-order valence-electron chi connectivity index (χ3n) is 3.04. The van der Waals surface area contributed by atoms with Gasteiger partial charge in [0.1, 0.15) is 13.2 Å². The lowest BCUT2D eigenvalue weighted by molar-refractivity contribution is 0.103. The topological polar surface area (TPSA) is 87.6 Å². The second-order valence-corrected chi connectivity index (χ2v) is 4.58. The summed E-state index contributed by atoms with van der Waals surface area (Å²) in [5.74, 6) is 1.08. The molecule has 2 aromatic rings. The number of nitrogen functional groups attached to an aromatic ring is 2. The van der Waals surface area contributed by atoms with Crippen LogP contribution in [0.1, 0.15) is 15.9 Å². The maximum absolute atomic E-state index is 12.4. The Morgan fingerprint density at radius 2 is 1.50 bits per heavy atom. The lowest BCUT2D eigenvalue weighted by Crippen LogP contribution is -2.16. The Hall–Kier alpha value is -2.69. The first kappa shape index (κ1) is 12.3. The molecule has 0 saturated heterocycles. The van der Waals surface area contributed by atoms with Gasteiger partial charge in [0.05, 0.1) is 0 Å². The van der Waals surface area contributed by atoms with Gasteiger partial charge in [0.2, 0.25) is 0 Å². The zero-order valence-corrected chi connectivity index (χ0v) is 10.8. The van der Waals surface area contributed by atoms with E-state index in [4.69, 9.17) is 20.9 Å². The van der Waals surface area contributed by atoms with Crippen LogP contribution in [0, 0.1) is 0 Å². The zero-order valence-electron chi connectivity index (χ0n) is 10.8. The molecule has 4 N–H and O–H groups in total. The zero-order chi connectivity index (χ0) is 14.1. The fourth-order valence-corrected chi connectivity index (χ4v) is 2.16. The predicted octanol–water partition coefficient (Wildman–Crippen LogP) is 1.85. The molecular weight excluding hydrogens is 256 g/mol. The molecule has 0 atom stereocenters. The van der Waals surface area contributed by atoms with E-state index in [1.54, 1.807) is 36.4 Å². The number of ether oxygens (including phenoxy) is 2. The van der Waals surface area contributed by atoms with Crippen LogP contribution in [0.15, 0.2) is 36.4 Å². The van der Waals surface area contributed by atoms with Crippen molar-refractivity contribution in [1.29, 1.82) is 0 Å². The van der Waals surface area contributed by atoms with Crippen LogP contribution in [0.5, 0.6) is 11.5 Å². The Labute approximate surface area is 116 Å². The van der Waals surface area contributed by atoms with E-state index >= 15 is 0 Å². The molecule has 0 aliphatic carbocycles. The molecule has 0 aromatic heterocycles. The number of benzene rings is 2. The summed E-state index contributed by atoms with van der Waals surface area (Å²) in [6.07, 6.45) is 0. The Morgan fingerprint density at radius 3 is 2.20 bits per heavy atom. The van der Waals surface area contributed by atoms with Crippen LogP contribution in [0.25, 0.3) is 0 Å². The van der Waals surface area contributed by atoms with Crippen LogP contribution in [0.2, 0.25) is 0 Å².